The first-order valence-corrected chi connectivity index (χ1v) is 7.91. The van der Waals surface area contributed by atoms with Crippen molar-refractivity contribution >= 4 is 34.9 Å². The molecule has 0 saturated carbocycles. The molecule has 7 heteroatoms. The largest absolute Gasteiger partial charge is 0.450 e. The molecule has 0 atom stereocenters. The maximum Gasteiger partial charge on any atom is 0.418 e. The summed E-state index contributed by atoms with van der Waals surface area (Å²) in [5, 5.41) is 2.60. The topological polar surface area (TPSA) is 93.9 Å². The Bertz CT molecular complexity index is 714. The van der Waals surface area contributed by atoms with E-state index in [0.29, 0.717) is 22.7 Å². The van der Waals surface area contributed by atoms with Crippen LogP contribution in [0.15, 0.2) is 48.5 Å². The molecule has 0 saturated heterocycles. The van der Waals surface area contributed by atoms with Crippen LogP contribution in [-0.2, 0) is 9.47 Å². The zero-order chi connectivity index (χ0) is 18.2. The van der Waals surface area contributed by atoms with E-state index in [1.54, 1.807) is 62.4 Å². The summed E-state index contributed by atoms with van der Waals surface area (Å²) in [5.74, 6) is 0. The SMILES string of the molecule is CCOC(=O)Nc1ccc(N(C(=O)OCC)c2ccc(N)cc2)cc1. The van der Waals surface area contributed by atoms with Crippen LogP contribution in [0.4, 0.5) is 32.3 Å². The average Bonchev–Trinajstić information content (AvgIpc) is 2.59. The van der Waals surface area contributed by atoms with Gasteiger partial charge in [-0.05, 0) is 62.4 Å². The monoisotopic (exact) mass is 343 g/mol. The number of amides is 2. The first kappa shape index (κ1) is 18.1. The number of nitrogen functional groups attached to an aromatic ring is 1. The smallest absolute Gasteiger partial charge is 0.418 e. The molecule has 0 unspecified atom stereocenters. The Morgan fingerprint density at radius 2 is 1.44 bits per heavy atom. The first-order valence-electron chi connectivity index (χ1n) is 7.91. The molecule has 3 N–H and O–H groups in total. The molecule has 2 amide bonds. The molecule has 0 radical (unpaired) electrons. The molecule has 25 heavy (non-hydrogen) atoms. The Morgan fingerprint density at radius 3 is 1.96 bits per heavy atom. The second-order valence-corrected chi connectivity index (χ2v) is 5.02. The van der Waals surface area contributed by atoms with E-state index in [-0.39, 0.29) is 13.2 Å². The van der Waals surface area contributed by atoms with Gasteiger partial charge in [-0.25, -0.2) is 14.5 Å². The van der Waals surface area contributed by atoms with Crippen molar-refractivity contribution in [1.29, 1.82) is 0 Å². The van der Waals surface area contributed by atoms with Crippen LogP contribution in [-0.4, -0.2) is 25.4 Å². The predicted octanol–water partition coefficient (Wildman–Crippen LogP) is 4.13. The van der Waals surface area contributed by atoms with Gasteiger partial charge in [-0.1, -0.05) is 0 Å². The zero-order valence-electron chi connectivity index (χ0n) is 14.2. The number of nitrogens with two attached hydrogens (primary N) is 1. The van der Waals surface area contributed by atoms with E-state index in [0.717, 1.165) is 0 Å². The maximum absolute atomic E-state index is 12.4. The third-order valence-electron chi connectivity index (χ3n) is 3.25. The summed E-state index contributed by atoms with van der Waals surface area (Å²) >= 11 is 0. The van der Waals surface area contributed by atoms with Gasteiger partial charge in [-0.15, -0.1) is 0 Å². The number of nitrogens with zero attached hydrogens (tertiary/aromatic N) is 1. The summed E-state index contributed by atoms with van der Waals surface area (Å²) in [6, 6.07) is 13.6. The summed E-state index contributed by atoms with van der Waals surface area (Å²) in [4.78, 5) is 25.2. The summed E-state index contributed by atoms with van der Waals surface area (Å²) in [6.07, 6.45) is -1.03. The number of carbonyl (C=O) groups is 2. The van der Waals surface area contributed by atoms with Gasteiger partial charge in [0.1, 0.15) is 0 Å². The summed E-state index contributed by atoms with van der Waals surface area (Å²) in [5.41, 5.74) is 8.08. The molecule has 0 spiro atoms. The van der Waals surface area contributed by atoms with E-state index in [1.807, 2.05) is 0 Å². The second-order valence-electron chi connectivity index (χ2n) is 5.02. The lowest BCUT2D eigenvalue weighted by Gasteiger charge is -2.22. The van der Waals surface area contributed by atoms with Gasteiger partial charge >= 0.3 is 12.2 Å². The molecule has 132 valence electrons. The van der Waals surface area contributed by atoms with Gasteiger partial charge < -0.3 is 15.2 Å². The molecule has 0 aliphatic heterocycles. The average molecular weight is 343 g/mol. The van der Waals surface area contributed by atoms with Gasteiger partial charge in [0.15, 0.2) is 0 Å². The lowest BCUT2D eigenvalue weighted by molar-refractivity contribution is 0.162. The van der Waals surface area contributed by atoms with Gasteiger partial charge in [0.2, 0.25) is 0 Å². The van der Waals surface area contributed by atoms with Crippen LogP contribution in [0.3, 0.4) is 0 Å². The van der Waals surface area contributed by atoms with Crippen LogP contribution in [0, 0.1) is 0 Å². The van der Waals surface area contributed by atoms with E-state index in [2.05, 4.69) is 5.32 Å². The molecule has 0 fully saturated rings. The highest BCUT2D eigenvalue weighted by molar-refractivity contribution is 5.96. The third kappa shape index (κ3) is 4.87. The normalized spacial score (nSPS) is 10.0. The molecule has 0 aromatic heterocycles. The predicted molar refractivity (Wildman–Crippen MR) is 97.1 cm³/mol. The van der Waals surface area contributed by atoms with Crippen LogP contribution >= 0.6 is 0 Å². The number of ether oxygens (including phenoxy) is 2. The van der Waals surface area contributed by atoms with Crippen molar-refractivity contribution < 1.29 is 19.1 Å². The number of nitrogens with one attached hydrogen (secondary N) is 1. The Morgan fingerprint density at radius 1 is 0.920 bits per heavy atom. The molecule has 0 aliphatic rings. The minimum Gasteiger partial charge on any atom is -0.450 e. The van der Waals surface area contributed by atoms with Crippen LogP contribution in [0.5, 0.6) is 0 Å². The van der Waals surface area contributed by atoms with Gasteiger partial charge in [-0.2, -0.15) is 0 Å². The number of hydrogen-bond donors (Lipinski definition) is 2. The Hall–Kier alpha value is -3.22. The Labute approximate surface area is 146 Å². The minimum atomic E-state index is -0.531. The number of rotatable bonds is 5. The van der Waals surface area contributed by atoms with Crippen molar-refractivity contribution in [3.05, 3.63) is 48.5 Å². The molecule has 0 aliphatic carbocycles. The van der Waals surface area contributed by atoms with E-state index in [9.17, 15) is 9.59 Å². The lowest BCUT2D eigenvalue weighted by Crippen LogP contribution is -2.26. The van der Waals surface area contributed by atoms with E-state index in [4.69, 9.17) is 15.2 Å². The summed E-state index contributed by atoms with van der Waals surface area (Å²) in [7, 11) is 0. The van der Waals surface area contributed by atoms with Crippen molar-refractivity contribution in [3.63, 3.8) is 0 Å². The molecular formula is C18H21N3O4. The number of hydrogen-bond acceptors (Lipinski definition) is 5. The highest BCUT2D eigenvalue weighted by Gasteiger charge is 2.19. The Kier molecular flexibility index (Phi) is 6.22. The Balaban J connectivity index is 2.26. The van der Waals surface area contributed by atoms with Crippen molar-refractivity contribution in [2.75, 3.05) is 29.2 Å². The highest BCUT2D eigenvalue weighted by atomic mass is 16.6. The molecule has 2 aromatic carbocycles. The molecule has 0 bridgehead atoms. The summed E-state index contributed by atoms with van der Waals surface area (Å²) in [6.45, 7) is 4.02. The second kappa shape index (κ2) is 8.58. The molecular weight excluding hydrogens is 322 g/mol. The van der Waals surface area contributed by atoms with Crippen LogP contribution in [0.2, 0.25) is 0 Å². The van der Waals surface area contributed by atoms with E-state index >= 15 is 0 Å². The molecule has 2 aromatic rings. The number of carbonyl (C=O) groups excluding carboxylic acids is 2. The zero-order valence-corrected chi connectivity index (χ0v) is 14.2. The molecule has 0 heterocycles. The quantitative estimate of drug-likeness (QED) is 0.796. The minimum absolute atomic E-state index is 0.257. The standard InChI is InChI=1S/C18H21N3O4/c1-3-24-17(22)20-14-7-11-16(12-8-14)21(18(23)25-4-2)15-9-5-13(19)6-10-15/h5-12H,3-4,19H2,1-2H3,(H,20,22). The van der Waals surface area contributed by atoms with Crippen molar-refractivity contribution in [3.8, 4) is 0 Å². The molecule has 2 rings (SSSR count). The van der Waals surface area contributed by atoms with Gasteiger partial charge in [0.05, 0.1) is 24.6 Å². The van der Waals surface area contributed by atoms with E-state index < -0.39 is 12.2 Å². The number of anilines is 4. The maximum atomic E-state index is 12.4. The van der Waals surface area contributed by atoms with Crippen molar-refractivity contribution in [2.24, 2.45) is 0 Å². The van der Waals surface area contributed by atoms with Crippen molar-refractivity contribution in [1.82, 2.24) is 0 Å². The lowest BCUT2D eigenvalue weighted by atomic mass is 10.2. The fraction of sp³-hybridized carbons (Fsp3) is 0.222. The van der Waals surface area contributed by atoms with Crippen LogP contribution in [0.1, 0.15) is 13.8 Å². The van der Waals surface area contributed by atoms with Crippen LogP contribution < -0.4 is 16.0 Å². The third-order valence-corrected chi connectivity index (χ3v) is 3.25. The van der Waals surface area contributed by atoms with Gasteiger partial charge in [-0.3, -0.25) is 5.32 Å². The van der Waals surface area contributed by atoms with Gasteiger partial charge in [0.25, 0.3) is 0 Å². The van der Waals surface area contributed by atoms with Crippen LogP contribution in [0.25, 0.3) is 0 Å². The van der Waals surface area contributed by atoms with Gasteiger partial charge in [0, 0.05) is 11.4 Å². The van der Waals surface area contributed by atoms with Crippen molar-refractivity contribution in [2.45, 2.75) is 13.8 Å². The van der Waals surface area contributed by atoms with E-state index in [1.165, 1.54) is 4.90 Å². The number of benzene rings is 2. The highest BCUT2D eigenvalue weighted by Crippen LogP contribution is 2.28. The fourth-order valence-corrected chi connectivity index (χ4v) is 2.15. The summed E-state index contributed by atoms with van der Waals surface area (Å²) < 4.78 is 9.96. The fourth-order valence-electron chi connectivity index (χ4n) is 2.15. The first-order chi connectivity index (χ1) is 12.0. The molecule has 7 nitrogen and oxygen atoms in total.